The number of hydrogen-bond donors (Lipinski definition) is 1. The lowest BCUT2D eigenvalue weighted by atomic mass is 9.91. The molecule has 0 atom stereocenters. The maximum atomic E-state index is 12.8. The largest absolute Gasteiger partial charge is 0.486 e. The first-order valence-corrected chi connectivity index (χ1v) is 10.3. The maximum Gasteiger partial charge on any atom is 0.320 e. The standard InChI is InChI=1S/C20H29N5O3/c1-21-19(26)17-12-22-7-6-18(17)28-16-13-25(14-16)20(27)24-9-3-8-23(10-11-24)15-4-2-5-15/h6-7,12,15-16H,2-5,8-11,13-14H2,1H3,(H,21,26). The summed E-state index contributed by atoms with van der Waals surface area (Å²) in [5.41, 5.74) is 0.415. The van der Waals surface area contributed by atoms with Gasteiger partial charge >= 0.3 is 6.03 Å². The van der Waals surface area contributed by atoms with Crippen LogP contribution in [0.25, 0.3) is 0 Å². The van der Waals surface area contributed by atoms with Gasteiger partial charge in [-0.15, -0.1) is 0 Å². The van der Waals surface area contributed by atoms with Gasteiger partial charge in [-0.1, -0.05) is 6.42 Å². The molecule has 4 rings (SSSR count). The van der Waals surface area contributed by atoms with E-state index in [0.717, 1.165) is 38.6 Å². The molecule has 3 heterocycles. The minimum Gasteiger partial charge on any atom is -0.486 e. The fraction of sp³-hybridized carbons (Fsp3) is 0.650. The molecule has 1 aromatic rings. The number of ether oxygens (including phenoxy) is 1. The fourth-order valence-electron chi connectivity index (χ4n) is 4.08. The van der Waals surface area contributed by atoms with E-state index in [1.54, 1.807) is 19.3 Å². The summed E-state index contributed by atoms with van der Waals surface area (Å²) < 4.78 is 5.95. The Morgan fingerprint density at radius 1 is 1.11 bits per heavy atom. The van der Waals surface area contributed by atoms with Gasteiger partial charge in [0.1, 0.15) is 11.9 Å². The van der Waals surface area contributed by atoms with Crippen molar-refractivity contribution in [3.63, 3.8) is 0 Å². The second-order valence-electron chi connectivity index (χ2n) is 7.84. The molecule has 1 saturated carbocycles. The molecule has 3 fully saturated rings. The highest BCUT2D eigenvalue weighted by Gasteiger charge is 2.36. The van der Waals surface area contributed by atoms with Crippen LogP contribution in [0.2, 0.25) is 0 Å². The van der Waals surface area contributed by atoms with Crippen LogP contribution >= 0.6 is 0 Å². The Morgan fingerprint density at radius 3 is 2.64 bits per heavy atom. The molecule has 1 aliphatic carbocycles. The normalized spacial score (nSPS) is 21.5. The van der Waals surface area contributed by atoms with Gasteiger partial charge in [-0.05, 0) is 25.3 Å². The summed E-state index contributed by atoms with van der Waals surface area (Å²) in [5, 5.41) is 2.59. The van der Waals surface area contributed by atoms with Crippen molar-refractivity contribution in [1.29, 1.82) is 0 Å². The molecular formula is C20H29N5O3. The lowest BCUT2D eigenvalue weighted by molar-refractivity contribution is 0.0302. The van der Waals surface area contributed by atoms with Gasteiger partial charge in [-0.3, -0.25) is 14.7 Å². The highest BCUT2D eigenvalue weighted by Crippen LogP contribution is 2.26. The van der Waals surface area contributed by atoms with E-state index in [1.165, 1.54) is 25.5 Å². The molecule has 1 N–H and O–H groups in total. The van der Waals surface area contributed by atoms with Gasteiger partial charge in [0.15, 0.2) is 0 Å². The third kappa shape index (κ3) is 3.92. The minimum absolute atomic E-state index is 0.0896. The summed E-state index contributed by atoms with van der Waals surface area (Å²) in [6.45, 7) is 4.83. The monoisotopic (exact) mass is 387 g/mol. The molecule has 0 spiro atoms. The molecule has 2 saturated heterocycles. The number of pyridine rings is 1. The molecule has 28 heavy (non-hydrogen) atoms. The third-order valence-electron chi connectivity index (χ3n) is 6.06. The average molecular weight is 387 g/mol. The molecular weight excluding hydrogens is 358 g/mol. The first-order valence-electron chi connectivity index (χ1n) is 10.3. The van der Waals surface area contributed by atoms with Gasteiger partial charge in [-0.25, -0.2) is 4.79 Å². The Bertz CT molecular complexity index is 718. The Labute approximate surface area is 165 Å². The molecule has 3 aliphatic rings. The van der Waals surface area contributed by atoms with E-state index in [0.29, 0.717) is 24.4 Å². The van der Waals surface area contributed by atoms with Gasteiger partial charge in [0, 0.05) is 51.7 Å². The lowest BCUT2D eigenvalue weighted by Gasteiger charge is -2.41. The molecule has 8 nitrogen and oxygen atoms in total. The summed E-state index contributed by atoms with van der Waals surface area (Å²) >= 11 is 0. The van der Waals surface area contributed by atoms with Crippen LogP contribution in [-0.2, 0) is 0 Å². The zero-order chi connectivity index (χ0) is 19.5. The molecule has 2 aliphatic heterocycles. The second-order valence-corrected chi connectivity index (χ2v) is 7.84. The summed E-state index contributed by atoms with van der Waals surface area (Å²) in [5.74, 6) is 0.285. The smallest absolute Gasteiger partial charge is 0.320 e. The van der Waals surface area contributed by atoms with Crippen LogP contribution in [0.3, 0.4) is 0 Å². The number of nitrogens with one attached hydrogen (secondary N) is 1. The molecule has 3 amide bonds. The van der Waals surface area contributed by atoms with Crippen molar-refractivity contribution in [2.75, 3.05) is 46.3 Å². The first kappa shape index (κ1) is 19.0. The van der Waals surface area contributed by atoms with Crippen molar-refractivity contribution in [1.82, 2.24) is 25.0 Å². The Morgan fingerprint density at radius 2 is 1.93 bits per heavy atom. The van der Waals surface area contributed by atoms with Crippen LogP contribution in [0.1, 0.15) is 36.0 Å². The molecule has 8 heteroatoms. The first-order chi connectivity index (χ1) is 13.7. The molecule has 1 aromatic heterocycles. The van der Waals surface area contributed by atoms with Crippen LogP contribution in [0.5, 0.6) is 5.75 Å². The van der Waals surface area contributed by atoms with Crippen molar-refractivity contribution in [3.05, 3.63) is 24.0 Å². The summed E-state index contributed by atoms with van der Waals surface area (Å²) in [7, 11) is 1.58. The van der Waals surface area contributed by atoms with Gasteiger partial charge in [0.25, 0.3) is 5.91 Å². The molecule has 152 valence electrons. The number of urea groups is 1. The number of carbonyl (C=O) groups excluding carboxylic acids is 2. The minimum atomic E-state index is -0.226. The van der Waals surface area contributed by atoms with Gasteiger partial charge < -0.3 is 19.9 Å². The van der Waals surface area contributed by atoms with Crippen molar-refractivity contribution in [3.8, 4) is 5.75 Å². The topological polar surface area (TPSA) is 78.0 Å². The highest BCUT2D eigenvalue weighted by atomic mass is 16.5. The van der Waals surface area contributed by atoms with Crippen LogP contribution in [0.15, 0.2) is 18.5 Å². The predicted octanol–water partition coefficient (Wildman–Crippen LogP) is 1.18. The van der Waals surface area contributed by atoms with E-state index < -0.39 is 0 Å². The van der Waals surface area contributed by atoms with Crippen molar-refractivity contribution in [2.45, 2.75) is 37.8 Å². The van der Waals surface area contributed by atoms with Crippen LogP contribution in [0.4, 0.5) is 4.79 Å². The van der Waals surface area contributed by atoms with E-state index in [4.69, 9.17) is 4.74 Å². The number of hydrogen-bond acceptors (Lipinski definition) is 5. The summed E-state index contributed by atoms with van der Waals surface area (Å²) in [6.07, 6.45) is 8.03. The van der Waals surface area contributed by atoms with E-state index in [-0.39, 0.29) is 18.0 Å². The Hall–Kier alpha value is -2.35. The second kappa shape index (κ2) is 8.34. The number of rotatable bonds is 4. The summed E-state index contributed by atoms with van der Waals surface area (Å²) in [6, 6.07) is 2.54. The van der Waals surface area contributed by atoms with E-state index in [2.05, 4.69) is 15.2 Å². The maximum absolute atomic E-state index is 12.8. The van der Waals surface area contributed by atoms with Crippen LogP contribution < -0.4 is 10.1 Å². The number of carbonyl (C=O) groups is 2. The zero-order valence-corrected chi connectivity index (χ0v) is 16.5. The SMILES string of the molecule is CNC(=O)c1cnccc1OC1CN(C(=O)N2CCCN(C3CCC3)CC2)C1. The zero-order valence-electron chi connectivity index (χ0n) is 16.5. The van der Waals surface area contributed by atoms with Crippen molar-refractivity contribution < 1.29 is 14.3 Å². The summed E-state index contributed by atoms with van der Waals surface area (Å²) in [4.78, 5) is 35.1. The Balaban J connectivity index is 1.27. The number of aromatic nitrogens is 1. The number of amides is 3. The molecule has 0 aromatic carbocycles. The fourth-order valence-corrected chi connectivity index (χ4v) is 4.08. The molecule has 0 unspecified atom stereocenters. The number of likely N-dealkylation sites (tertiary alicyclic amines) is 1. The Kier molecular flexibility index (Phi) is 5.66. The van der Waals surface area contributed by atoms with Crippen molar-refractivity contribution >= 4 is 11.9 Å². The quantitative estimate of drug-likeness (QED) is 0.840. The van der Waals surface area contributed by atoms with Crippen LogP contribution in [0, 0.1) is 0 Å². The number of nitrogens with zero attached hydrogens (tertiary/aromatic N) is 4. The molecule has 0 bridgehead atoms. The van der Waals surface area contributed by atoms with E-state index >= 15 is 0 Å². The van der Waals surface area contributed by atoms with E-state index in [9.17, 15) is 9.59 Å². The highest BCUT2D eigenvalue weighted by molar-refractivity contribution is 5.96. The van der Waals surface area contributed by atoms with Gasteiger partial charge in [-0.2, -0.15) is 0 Å². The van der Waals surface area contributed by atoms with E-state index in [1.807, 2.05) is 9.80 Å². The van der Waals surface area contributed by atoms with Gasteiger partial charge in [0.2, 0.25) is 0 Å². The van der Waals surface area contributed by atoms with Crippen LogP contribution in [-0.4, -0.2) is 90.1 Å². The van der Waals surface area contributed by atoms with Gasteiger partial charge in [0.05, 0.1) is 18.7 Å². The lowest BCUT2D eigenvalue weighted by Crippen LogP contribution is -2.60. The molecule has 0 radical (unpaired) electrons. The van der Waals surface area contributed by atoms with Crippen molar-refractivity contribution in [2.24, 2.45) is 0 Å². The average Bonchev–Trinajstić information content (AvgIpc) is 2.88. The predicted molar refractivity (Wildman–Crippen MR) is 104 cm³/mol. The third-order valence-corrected chi connectivity index (χ3v) is 6.06.